The SMILES string of the molecule is Cn1cc(-c2ccc3c(c2)CN(C(CCC(=O)OC(C)(C)C)C(N)=O)C3=O)nc1-c1cccc(Cl)c1F. The van der Waals surface area contributed by atoms with Gasteiger partial charge in [0, 0.05) is 37.3 Å². The molecular weight excluding hydrogens is 499 g/mol. The fraction of sp³-hybridized carbons (Fsp3) is 0.333. The number of ether oxygens (including phenoxy) is 1. The topological polar surface area (TPSA) is 108 Å². The Morgan fingerprint density at radius 1 is 1.22 bits per heavy atom. The third-order valence-corrected chi connectivity index (χ3v) is 6.34. The zero-order valence-electron chi connectivity index (χ0n) is 21.0. The summed E-state index contributed by atoms with van der Waals surface area (Å²) >= 11 is 5.94. The van der Waals surface area contributed by atoms with Gasteiger partial charge in [-0.1, -0.05) is 23.7 Å². The zero-order chi connectivity index (χ0) is 27.1. The molecule has 0 fully saturated rings. The van der Waals surface area contributed by atoms with Gasteiger partial charge in [0.1, 0.15) is 17.5 Å². The third kappa shape index (κ3) is 5.51. The molecule has 10 heteroatoms. The number of carbonyl (C=O) groups excluding carboxylic acids is 3. The predicted octanol–water partition coefficient (Wildman–Crippen LogP) is 4.48. The molecule has 1 aliphatic heterocycles. The van der Waals surface area contributed by atoms with E-state index in [1.807, 2.05) is 6.07 Å². The van der Waals surface area contributed by atoms with E-state index in [4.69, 9.17) is 22.1 Å². The zero-order valence-corrected chi connectivity index (χ0v) is 21.8. The van der Waals surface area contributed by atoms with Crippen molar-refractivity contribution in [3.05, 3.63) is 64.6 Å². The highest BCUT2D eigenvalue weighted by molar-refractivity contribution is 6.31. The highest BCUT2D eigenvalue weighted by Gasteiger charge is 2.36. The number of hydrogen-bond donors (Lipinski definition) is 1. The van der Waals surface area contributed by atoms with E-state index in [9.17, 15) is 18.8 Å². The molecule has 0 saturated heterocycles. The molecule has 0 spiro atoms. The molecule has 8 nitrogen and oxygen atoms in total. The molecule has 1 unspecified atom stereocenters. The van der Waals surface area contributed by atoms with Crippen LogP contribution in [0.25, 0.3) is 22.6 Å². The maximum atomic E-state index is 14.6. The van der Waals surface area contributed by atoms with E-state index in [1.54, 1.807) is 62.8 Å². The lowest BCUT2D eigenvalue weighted by Gasteiger charge is -2.25. The van der Waals surface area contributed by atoms with E-state index >= 15 is 0 Å². The van der Waals surface area contributed by atoms with Crippen LogP contribution in [-0.2, 0) is 27.9 Å². The van der Waals surface area contributed by atoms with Crippen molar-refractivity contribution in [1.29, 1.82) is 0 Å². The standard InChI is InChI=1S/C27H28ClFN4O4/c1-27(2,3)37-22(34)11-10-21(24(30)35)33-13-16-12-15(8-9-17(16)26(33)36)20-14-32(4)25(31-20)18-6-5-7-19(28)23(18)29/h5-9,12,14,21H,10-11,13H2,1-4H3,(H2,30,35). The van der Waals surface area contributed by atoms with E-state index in [0.29, 0.717) is 22.6 Å². The van der Waals surface area contributed by atoms with Crippen LogP contribution in [0.15, 0.2) is 42.6 Å². The molecule has 0 aliphatic carbocycles. The summed E-state index contributed by atoms with van der Waals surface area (Å²) in [6.07, 6.45) is 1.78. The van der Waals surface area contributed by atoms with Gasteiger partial charge in [-0.25, -0.2) is 9.37 Å². The third-order valence-electron chi connectivity index (χ3n) is 6.05. The fourth-order valence-electron chi connectivity index (χ4n) is 4.39. The number of imidazole rings is 1. The first-order chi connectivity index (χ1) is 17.4. The Bertz CT molecular complexity index is 1400. The average Bonchev–Trinajstić information content (AvgIpc) is 3.34. The second-order valence-corrected chi connectivity index (χ2v) is 10.4. The van der Waals surface area contributed by atoms with Crippen LogP contribution < -0.4 is 5.73 Å². The summed E-state index contributed by atoms with van der Waals surface area (Å²) in [5.74, 6) is -1.64. The second kappa shape index (κ2) is 9.97. The van der Waals surface area contributed by atoms with Gasteiger partial charge in [0.15, 0.2) is 5.82 Å². The second-order valence-electron chi connectivity index (χ2n) is 10.0. The Labute approximate surface area is 219 Å². The molecule has 0 radical (unpaired) electrons. The van der Waals surface area contributed by atoms with Crippen molar-refractivity contribution in [2.75, 3.05) is 0 Å². The highest BCUT2D eigenvalue weighted by atomic mass is 35.5. The first-order valence-corrected chi connectivity index (χ1v) is 12.2. The van der Waals surface area contributed by atoms with Crippen LogP contribution in [0, 0.1) is 5.82 Å². The lowest BCUT2D eigenvalue weighted by Crippen LogP contribution is -2.45. The minimum atomic E-state index is -0.955. The van der Waals surface area contributed by atoms with Crippen LogP contribution in [0.3, 0.4) is 0 Å². The Kier molecular flexibility index (Phi) is 7.10. The van der Waals surface area contributed by atoms with Crippen molar-refractivity contribution in [2.24, 2.45) is 12.8 Å². The molecule has 3 aromatic rings. The summed E-state index contributed by atoms with van der Waals surface area (Å²) in [6.45, 7) is 5.42. The van der Waals surface area contributed by atoms with Gasteiger partial charge in [0.25, 0.3) is 5.91 Å². The van der Waals surface area contributed by atoms with Crippen molar-refractivity contribution < 1.29 is 23.5 Å². The summed E-state index contributed by atoms with van der Waals surface area (Å²) < 4.78 is 21.6. The molecule has 37 heavy (non-hydrogen) atoms. The van der Waals surface area contributed by atoms with Crippen molar-refractivity contribution in [1.82, 2.24) is 14.5 Å². The largest absolute Gasteiger partial charge is 0.460 e. The Hall–Kier alpha value is -3.72. The predicted molar refractivity (Wildman–Crippen MR) is 137 cm³/mol. The maximum absolute atomic E-state index is 14.6. The number of aryl methyl sites for hydroxylation is 1. The summed E-state index contributed by atoms with van der Waals surface area (Å²) in [5.41, 5.74) is 7.69. The van der Waals surface area contributed by atoms with Crippen LogP contribution in [0.1, 0.15) is 49.5 Å². The number of rotatable bonds is 7. The number of primary amides is 1. The molecule has 2 amide bonds. The normalized spacial score (nSPS) is 14.0. The van der Waals surface area contributed by atoms with Gasteiger partial charge in [-0.05, 0) is 57.0 Å². The lowest BCUT2D eigenvalue weighted by molar-refractivity contribution is -0.155. The van der Waals surface area contributed by atoms with Crippen molar-refractivity contribution in [3.8, 4) is 22.6 Å². The minimum Gasteiger partial charge on any atom is -0.460 e. The maximum Gasteiger partial charge on any atom is 0.306 e. The van der Waals surface area contributed by atoms with Crippen molar-refractivity contribution in [3.63, 3.8) is 0 Å². The van der Waals surface area contributed by atoms with Gasteiger partial charge in [0.2, 0.25) is 5.91 Å². The molecule has 2 aromatic carbocycles. The quantitative estimate of drug-likeness (QED) is 0.457. The Morgan fingerprint density at radius 3 is 2.62 bits per heavy atom. The molecule has 2 N–H and O–H groups in total. The number of hydrogen-bond acceptors (Lipinski definition) is 5. The highest BCUT2D eigenvalue weighted by Crippen LogP contribution is 2.33. The summed E-state index contributed by atoms with van der Waals surface area (Å²) in [4.78, 5) is 43.5. The summed E-state index contributed by atoms with van der Waals surface area (Å²) in [7, 11) is 1.76. The van der Waals surface area contributed by atoms with Crippen molar-refractivity contribution >= 4 is 29.4 Å². The number of nitrogens with two attached hydrogens (primary N) is 1. The van der Waals surface area contributed by atoms with Crippen LogP contribution in [0.5, 0.6) is 0 Å². The Balaban J connectivity index is 1.56. The van der Waals surface area contributed by atoms with Gasteiger partial charge in [-0.3, -0.25) is 14.4 Å². The molecule has 4 rings (SSSR count). The van der Waals surface area contributed by atoms with E-state index < -0.39 is 29.3 Å². The van der Waals surface area contributed by atoms with E-state index in [2.05, 4.69) is 4.98 Å². The number of benzene rings is 2. The number of nitrogens with zero attached hydrogens (tertiary/aromatic N) is 3. The molecule has 194 valence electrons. The van der Waals surface area contributed by atoms with Gasteiger partial charge >= 0.3 is 5.97 Å². The van der Waals surface area contributed by atoms with E-state index in [1.165, 1.54) is 11.0 Å². The Morgan fingerprint density at radius 2 is 1.95 bits per heavy atom. The smallest absolute Gasteiger partial charge is 0.306 e. The van der Waals surface area contributed by atoms with Crippen LogP contribution in [-0.4, -0.2) is 43.9 Å². The molecule has 1 aliphatic rings. The van der Waals surface area contributed by atoms with Gasteiger partial charge in [0.05, 0.1) is 16.3 Å². The number of fused-ring (bicyclic) bond motifs is 1. The van der Waals surface area contributed by atoms with E-state index in [0.717, 1.165) is 5.56 Å². The number of carbonyl (C=O) groups is 3. The minimum absolute atomic E-state index is 0.00820. The molecule has 0 bridgehead atoms. The van der Waals surface area contributed by atoms with Gasteiger partial charge < -0.3 is 19.9 Å². The fourth-order valence-corrected chi connectivity index (χ4v) is 4.56. The van der Waals surface area contributed by atoms with Crippen LogP contribution in [0.4, 0.5) is 4.39 Å². The molecular formula is C27H28ClFN4O4. The van der Waals surface area contributed by atoms with Crippen LogP contribution in [0.2, 0.25) is 5.02 Å². The lowest BCUT2D eigenvalue weighted by atomic mass is 10.0. The number of esters is 1. The molecule has 0 saturated carbocycles. The molecule has 1 atom stereocenters. The number of amides is 2. The monoisotopic (exact) mass is 526 g/mol. The van der Waals surface area contributed by atoms with Crippen molar-refractivity contribution in [2.45, 2.75) is 51.8 Å². The van der Waals surface area contributed by atoms with Gasteiger partial charge in [-0.15, -0.1) is 0 Å². The first kappa shape index (κ1) is 26.3. The average molecular weight is 527 g/mol. The molecule has 1 aromatic heterocycles. The summed E-state index contributed by atoms with van der Waals surface area (Å²) in [5, 5.41) is 0.00820. The first-order valence-electron chi connectivity index (χ1n) is 11.8. The van der Waals surface area contributed by atoms with Gasteiger partial charge in [-0.2, -0.15) is 0 Å². The van der Waals surface area contributed by atoms with E-state index in [-0.39, 0.29) is 35.9 Å². The molecule has 2 heterocycles. The summed E-state index contributed by atoms with van der Waals surface area (Å²) in [6, 6.07) is 9.02. The number of halogens is 2. The van der Waals surface area contributed by atoms with Crippen LogP contribution >= 0.6 is 11.6 Å². The number of aromatic nitrogens is 2.